The van der Waals surface area contributed by atoms with Gasteiger partial charge in [0.05, 0.1) is 11.0 Å². The molecule has 0 saturated heterocycles. The van der Waals surface area contributed by atoms with Crippen molar-refractivity contribution in [2.75, 3.05) is 18.4 Å². The molecule has 3 N–H and O–H groups in total. The fourth-order valence-corrected chi connectivity index (χ4v) is 2.58. The van der Waals surface area contributed by atoms with Gasteiger partial charge >= 0.3 is 0 Å². The Balaban J connectivity index is 1.98. The lowest BCUT2D eigenvalue weighted by Crippen LogP contribution is -2.24. The van der Waals surface area contributed by atoms with E-state index in [0.717, 1.165) is 42.8 Å². The molecule has 0 bridgehead atoms. The highest BCUT2D eigenvalue weighted by Crippen LogP contribution is 2.16. The van der Waals surface area contributed by atoms with Crippen molar-refractivity contribution in [1.82, 2.24) is 15.3 Å². The number of hydrogen-bond acceptors (Lipinski definition) is 3. The molecule has 25 heavy (non-hydrogen) atoms. The normalized spacial score (nSPS) is 12.0. The van der Waals surface area contributed by atoms with E-state index in [9.17, 15) is 4.79 Å². The molecule has 0 unspecified atom stereocenters. The van der Waals surface area contributed by atoms with Crippen molar-refractivity contribution in [3.63, 3.8) is 0 Å². The lowest BCUT2D eigenvalue weighted by Gasteiger charge is -2.04. The number of H-pyrrole nitrogens is 1. The lowest BCUT2D eigenvalue weighted by atomic mass is 10.1. The highest BCUT2D eigenvalue weighted by Gasteiger charge is 2.08. The summed E-state index contributed by atoms with van der Waals surface area (Å²) < 4.78 is 0. The van der Waals surface area contributed by atoms with Crippen LogP contribution in [-0.2, 0) is 0 Å². The lowest BCUT2D eigenvalue weighted by molar-refractivity contribution is 0.0953. The van der Waals surface area contributed by atoms with Crippen molar-refractivity contribution in [3.05, 3.63) is 47.6 Å². The average Bonchev–Trinajstić information content (AvgIpc) is 3.02. The molecule has 5 heteroatoms. The van der Waals surface area contributed by atoms with Gasteiger partial charge in [0.2, 0.25) is 5.95 Å². The Morgan fingerprint density at radius 1 is 1.28 bits per heavy atom. The maximum absolute atomic E-state index is 12.1. The van der Waals surface area contributed by atoms with E-state index in [1.165, 1.54) is 5.57 Å². The van der Waals surface area contributed by atoms with Crippen LogP contribution in [0.1, 0.15) is 50.4 Å². The van der Waals surface area contributed by atoms with E-state index in [0.29, 0.717) is 12.1 Å². The van der Waals surface area contributed by atoms with Crippen molar-refractivity contribution in [2.45, 2.75) is 40.0 Å². The molecule has 0 fully saturated rings. The van der Waals surface area contributed by atoms with Crippen molar-refractivity contribution < 1.29 is 4.79 Å². The van der Waals surface area contributed by atoms with Crippen LogP contribution in [0.15, 0.2) is 42.0 Å². The van der Waals surface area contributed by atoms with Crippen LogP contribution in [0, 0.1) is 0 Å². The van der Waals surface area contributed by atoms with Crippen molar-refractivity contribution in [1.29, 1.82) is 0 Å². The van der Waals surface area contributed by atoms with E-state index in [-0.39, 0.29) is 5.91 Å². The van der Waals surface area contributed by atoms with E-state index in [4.69, 9.17) is 0 Å². The van der Waals surface area contributed by atoms with E-state index in [2.05, 4.69) is 39.7 Å². The topological polar surface area (TPSA) is 69.8 Å². The van der Waals surface area contributed by atoms with Crippen molar-refractivity contribution in [2.24, 2.45) is 0 Å². The zero-order chi connectivity index (χ0) is 18.1. The summed E-state index contributed by atoms with van der Waals surface area (Å²) in [7, 11) is 0. The summed E-state index contributed by atoms with van der Waals surface area (Å²) in [6.45, 7) is 7.68. The molecule has 1 heterocycles. The summed E-state index contributed by atoms with van der Waals surface area (Å²) in [6, 6.07) is 5.55. The van der Waals surface area contributed by atoms with Gasteiger partial charge in [-0.05, 0) is 44.9 Å². The number of nitrogens with one attached hydrogen (secondary N) is 3. The van der Waals surface area contributed by atoms with Crippen LogP contribution in [0.2, 0.25) is 0 Å². The Hall–Kier alpha value is -2.56. The smallest absolute Gasteiger partial charge is 0.251 e. The number of unbranched alkanes of at least 4 members (excludes halogenated alkanes) is 1. The third-order valence-corrected chi connectivity index (χ3v) is 4.02. The van der Waals surface area contributed by atoms with E-state index < -0.39 is 0 Å². The molecule has 1 amide bonds. The number of allylic oxidation sites excluding steroid dienone is 3. The average molecular weight is 340 g/mol. The molecule has 5 nitrogen and oxygen atoms in total. The third kappa shape index (κ3) is 5.48. The second kappa shape index (κ2) is 9.67. The number of fused-ring (bicyclic) bond motifs is 1. The zero-order valence-corrected chi connectivity index (χ0v) is 15.4. The van der Waals surface area contributed by atoms with E-state index >= 15 is 0 Å². The maximum Gasteiger partial charge on any atom is 0.251 e. The van der Waals surface area contributed by atoms with E-state index in [1.807, 2.05) is 38.1 Å². The molecule has 1 aromatic heterocycles. The largest absolute Gasteiger partial charge is 0.355 e. The van der Waals surface area contributed by atoms with Gasteiger partial charge in [0.25, 0.3) is 5.91 Å². The first-order chi connectivity index (χ1) is 12.2. The Kier molecular flexibility index (Phi) is 7.26. The second-order valence-corrected chi connectivity index (χ2v) is 5.97. The highest BCUT2D eigenvalue weighted by atomic mass is 16.1. The SMILES string of the molecule is C/C=C\C(=C/C)CCNc1nc2ccc(C(=O)NCCCC)cc2[nH]1. The summed E-state index contributed by atoms with van der Waals surface area (Å²) in [5.41, 5.74) is 3.66. The minimum absolute atomic E-state index is 0.0384. The third-order valence-electron chi connectivity index (χ3n) is 4.02. The van der Waals surface area contributed by atoms with Crippen LogP contribution in [0.25, 0.3) is 11.0 Å². The molecule has 0 aliphatic carbocycles. The first-order valence-electron chi connectivity index (χ1n) is 8.97. The highest BCUT2D eigenvalue weighted by molar-refractivity contribution is 5.97. The molecule has 1 aromatic carbocycles. The molecule has 0 atom stereocenters. The molecule has 0 radical (unpaired) electrons. The minimum atomic E-state index is -0.0384. The summed E-state index contributed by atoms with van der Waals surface area (Å²) >= 11 is 0. The predicted molar refractivity (Wildman–Crippen MR) is 105 cm³/mol. The number of nitrogens with zero attached hydrogens (tertiary/aromatic N) is 1. The number of rotatable bonds is 9. The van der Waals surface area contributed by atoms with Crippen LogP contribution in [-0.4, -0.2) is 29.0 Å². The fraction of sp³-hybridized carbons (Fsp3) is 0.400. The first-order valence-corrected chi connectivity index (χ1v) is 8.97. The number of aromatic nitrogens is 2. The standard InChI is InChI=1S/C20H28N4O/c1-4-7-12-21-19(25)16-9-10-17-18(14-16)24-20(23-17)22-13-11-15(6-3)8-5-2/h5-6,8-10,14H,4,7,11-13H2,1-3H3,(H,21,25)(H2,22,23,24)/b8-5-,15-6+. The zero-order valence-electron chi connectivity index (χ0n) is 15.4. The summed E-state index contributed by atoms with van der Waals surface area (Å²) in [6.07, 6.45) is 9.27. The molecule has 0 spiro atoms. The second-order valence-electron chi connectivity index (χ2n) is 5.97. The monoisotopic (exact) mass is 340 g/mol. The molecular formula is C20H28N4O. The van der Waals surface area contributed by atoms with Crippen LogP contribution in [0.3, 0.4) is 0 Å². The van der Waals surface area contributed by atoms with E-state index in [1.54, 1.807) is 0 Å². The number of carbonyl (C=O) groups is 1. The van der Waals surface area contributed by atoms with Crippen LogP contribution in [0.5, 0.6) is 0 Å². The quantitative estimate of drug-likeness (QED) is 0.467. The summed E-state index contributed by atoms with van der Waals surface area (Å²) in [4.78, 5) is 19.9. The van der Waals surface area contributed by atoms with Crippen molar-refractivity contribution >= 4 is 22.9 Å². The number of aromatic amines is 1. The van der Waals surface area contributed by atoms with Gasteiger partial charge in [0.1, 0.15) is 0 Å². The van der Waals surface area contributed by atoms with Gasteiger partial charge in [-0.15, -0.1) is 0 Å². The molecule has 0 aliphatic rings. The maximum atomic E-state index is 12.1. The molecular weight excluding hydrogens is 312 g/mol. The number of anilines is 1. The Labute approximate surface area is 149 Å². The molecule has 0 aliphatic heterocycles. The Morgan fingerprint density at radius 2 is 2.12 bits per heavy atom. The van der Waals surface area contributed by atoms with Gasteiger partial charge in [-0.2, -0.15) is 0 Å². The molecule has 2 rings (SSSR count). The molecule has 2 aromatic rings. The number of amides is 1. The predicted octanol–water partition coefficient (Wildman–Crippen LogP) is 4.42. The van der Waals surface area contributed by atoms with Gasteiger partial charge in [0, 0.05) is 18.7 Å². The fourth-order valence-electron chi connectivity index (χ4n) is 2.58. The molecule has 0 saturated carbocycles. The van der Waals surface area contributed by atoms with Crippen LogP contribution >= 0.6 is 0 Å². The number of carbonyl (C=O) groups excluding carboxylic acids is 1. The first kappa shape index (κ1) is 18.8. The number of hydrogen-bond donors (Lipinski definition) is 3. The summed E-state index contributed by atoms with van der Waals surface area (Å²) in [5.74, 6) is 0.693. The molecule has 134 valence electrons. The Morgan fingerprint density at radius 3 is 2.84 bits per heavy atom. The van der Waals surface area contributed by atoms with Crippen molar-refractivity contribution in [3.8, 4) is 0 Å². The van der Waals surface area contributed by atoms with Crippen LogP contribution < -0.4 is 10.6 Å². The van der Waals surface area contributed by atoms with Gasteiger partial charge in [-0.25, -0.2) is 4.98 Å². The summed E-state index contributed by atoms with van der Waals surface area (Å²) in [5, 5.41) is 6.24. The van der Waals surface area contributed by atoms with Crippen LogP contribution in [0.4, 0.5) is 5.95 Å². The van der Waals surface area contributed by atoms with Gasteiger partial charge in [-0.3, -0.25) is 4.79 Å². The van der Waals surface area contributed by atoms with Gasteiger partial charge in [-0.1, -0.05) is 37.1 Å². The number of imidazole rings is 1. The number of benzene rings is 1. The Bertz CT molecular complexity index is 758. The minimum Gasteiger partial charge on any atom is -0.355 e. The van der Waals surface area contributed by atoms with Gasteiger partial charge < -0.3 is 15.6 Å². The van der Waals surface area contributed by atoms with Gasteiger partial charge in [0.15, 0.2) is 0 Å².